The van der Waals surface area contributed by atoms with Gasteiger partial charge in [-0.2, -0.15) is 0 Å². The number of aryl methyl sites for hydroxylation is 1. The maximum atomic E-state index is 12.8. The highest BCUT2D eigenvalue weighted by Crippen LogP contribution is 2.12. The van der Waals surface area contributed by atoms with Crippen molar-refractivity contribution in [1.82, 2.24) is 9.88 Å². The second kappa shape index (κ2) is 9.53. The lowest BCUT2D eigenvalue weighted by Crippen LogP contribution is -2.36. The molecule has 3 rings (SSSR count). The molecule has 3 aromatic rings. The molecule has 0 saturated carbocycles. The van der Waals surface area contributed by atoms with E-state index in [1.807, 2.05) is 84.6 Å². The minimum atomic E-state index is -0.0321. The first-order valence-electron chi connectivity index (χ1n) is 9.12. The van der Waals surface area contributed by atoms with Crippen LogP contribution in [-0.4, -0.2) is 28.9 Å². The molecule has 4 nitrogen and oxygen atoms in total. The summed E-state index contributed by atoms with van der Waals surface area (Å²) in [7, 11) is 0. The average Bonchev–Trinajstić information content (AvgIpc) is 2.72. The lowest BCUT2D eigenvalue weighted by atomic mass is 10.2. The normalized spacial score (nSPS) is 10.4. The zero-order valence-corrected chi connectivity index (χ0v) is 15.5. The third kappa shape index (κ3) is 5.96. The van der Waals surface area contributed by atoms with E-state index in [0.29, 0.717) is 25.3 Å². The van der Waals surface area contributed by atoms with E-state index in [2.05, 4.69) is 4.98 Å². The smallest absolute Gasteiger partial charge is 0.260 e. The Labute approximate surface area is 160 Å². The van der Waals surface area contributed by atoms with E-state index < -0.39 is 0 Å². The van der Waals surface area contributed by atoms with Gasteiger partial charge in [0, 0.05) is 31.4 Å². The molecule has 27 heavy (non-hydrogen) atoms. The molecule has 0 spiro atoms. The minimum absolute atomic E-state index is 0.0259. The molecule has 2 aromatic carbocycles. The average molecular weight is 360 g/mol. The molecule has 0 saturated heterocycles. The number of nitrogens with zero attached hydrogens (tertiary/aromatic N) is 2. The summed E-state index contributed by atoms with van der Waals surface area (Å²) >= 11 is 0. The number of aromatic nitrogens is 1. The van der Waals surface area contributed by atoms with Crippen LogP contribution in [0.5, 0.6) is 5.75 Å². The second-order valence-electron chi connectivity index (χ2n) is 6.47. The third-order valence-corrected chi connectivity index (χ3v) is 4.32. The number of benzene rings is 2. The summed E-state index contributed by atoms with van der Waals surface area (Å²) in [6.45, 7) is 3.21. The molecule has 1 heterocycles. The molecule has 0 aliphatic carbocycles. The summed E-state index contributed by atoms with van der Waals surface area (Å²) in [4.78, 5) is 19.0. The molecule has 0 bridgehead atoms. The summed E-state index contributed by atoms with van der Waals surface area (Å²) in [6.07, 6.45) is 2.49. The minimum Gasteiger partial charge on any atom is -0.484 e. The van der Waals surface area contributed by atoms with Gasteiger partial charge in [0.15, 0.2) is 6.61 Å². The molecular formula is C23H24N2O2. The molecular weight excluding hydrogens is 336 g/mol. The topological polar surface area (TPSA) is 42.4 Å². The Morgan fingerprint density at radius 3 is 2.41 bits per heavy atom. The molecule has 1 aromatic heterocycles. The zero-order valence-electron chi connectivity index (χ0n) is 15.5. The van der Waals surface area contributed by atoms with Crippen LogP contribution >= 0.6 is 0 Å². The van der Waals surface area contributed by atoms with Crippen LogP contribution in [0.15, 0.2) is 79.0 Å². The van der Waals surface area contributed by atoms with Crippen molar-refractivity contribution in [2.24, 2.45) is 0 Å². The summed E-state index contributed by atoms with van der Waals surface area (Å²) in [5, 5.41) is 0. The Kier molecular flexibility index (Phi) is 6.58. The first-order chi connectivity index (χ1) is 13.2. The molecule has 0 aliphatic heterocycles. The van der Waals surface area contributed by atoms with Crippen LogP contribution in [0.25, 0.3) is 0 Å². The van der Waals surface area contributed by atoms with Crippen LogP contribution < -0.4 is 4.74 Å². The number of carbonyl (C=O) groups excluding carboxylic acids is 1. The number of pyridine rings is 1. The van der Waals surface area contributed by atoms with Crippen molar-refractivity contribution in [3.8, 4) is 5.75 Å². The van der Waals surface area contributed by atoms with Crippen molar-refractivity contribution < 1.29 is 9.53 Å². The third-order valence-electron chi connectivity index (χ3n) is 4.32. The van der Waals surface area contributed by atoms with Gasteiger partial charge in [0.05, 0.1) is 0 Å². The molecule has 0 N–H and O–H groups in total. The van der Waals surface area contributed by atoms with E-state index in [-0.39, 0.29) is 12.5 Å². The summed E-state index contributed by atoms with van der Waals surface area (Å²) < 4.78 is 5.69. The fourth-order valence-corrected chi connectivity index (χ4v) is 2.76. The highest BCUT2D eigenvalue weighted by molar-refractivity contribution is 5.77. The molecule has 1 amide bonds. The van der Waals surface area contributed by atoms with Crippen LogP contribution in [0.1, 0.15) is 16.8 Å². The highest BCUT2D eigenvalue weighted by Gasteiger charge is 2.15. The number of hydrogen-bond acceptors (Lipinski definition) is 3. The van der Waals surface area contributed by atoms with Crippen LogP contribution in [-0.2, 0) is 17.8 Å². The van der Waals surface area contributed by atoms with E-state index in [4.69, 9.17) is 4.74 Å². The summed E-state index contributed by atoms with van der Waals surface area (Å²) in [6, 6.07) is 23.6. The largest absolute Gasteiger partial charge is 0.484 e. The number of amides is 1. The quantitative estimate of drug-likeness (QED) is 0.609. The fourth-order valence-electron chi connectivity index (χ4n) is 2.76. The van der Waals surface area contributed by atoms with Crippen molar-refractivity contribution in [2.75, 3.05) is 13.2 Å². The van der Waals surface area contributed by atoms with Gasteiger partial charge in [-0.05, 0) is 36.8 Å². The van der Waals surface area contributed by atoms with Gasteiger partial charge in [0.1, 0.15) is 5.75 Å². The SMILES string of the molecule is Cc1ccc(OCC(=O)N(CCc2ccccn2)Cc2ccccc2)cc1. The van der Waals surface area contributed by atoms with Gasteiger partial charge in [-0.1, -0.05) is 54.1 Å². The Bertz CT molecular complexity index is 833. The molecule has 0 unspecified atom stereocenters. The lowest BCUT2D eigenvalue weighted by molar-refractivity contribution is -0.134. The van der Waals surface area contributed by atoms with E-state index in [9.17, 15) is 4.79 Å². The van der Waals surface area contributed by atoms with Crippen molar-refractivity contribution in [3.05, 3.63) is 95.8 Å². The molecule has 4 heteroatoms. The first-order valence-corrected chi connectivity index (χ1v) is 9.12. The van der Waals surface area contributed by atoms with Gasteiger partial charge in [0.2, 0.25) is 0 Å². The zero-order chi connectivity index (χ0) is 18.9. The Hall–Kier alpha value is -3.14. The standard InChI is InChI=1S/C23H24N2O2/c1-19-10-12-22(13-11-19)27-18-23(26)25(17-20-7-3-2-4-8-20)16-14-21-9-5-6-15-24-21/h2-13,15H,14,16-18H2,1H3. The van der Waals surface area contributed by atoms with Gasteiger partial charge in [-0.15, -0.1) is 0 Å². The van der Waals surface area contributed by atoms with Gasteiger partial charge in [0.25, 0.3) is 5.91 Å². The van der Waals surface area contributed by atoms with Crippen LogP contribution in [0.3, 0.4) is 0 Å². The van der Waals surface area contributed by atoms with Crippen molar-refractivity contribution in [2.45, 2.75) is 19.9 Å². The Balaban J connectivity index is 1.63. The number of hydrogen-bond donors (Lipinski definition) is 0. The van der Waals surface area contributed by atoms with Crippen LogP contribution in [0.2, 0.25) is 0 Å². The maximum Gasteiger partial charge on any atom is 0.260 e. The fraction of sp³-hybridized carbons (Fsp3) is 0.217. The Morgan fingerprint density at radius 1 is 0.963 bits per heavy atom. The van der Waals surface area contributed by atoms with Gasteiger partial charge >= 0.3 is 0 Å². The number of ether oxygens (including phenoxy) is 1. The van der Waals surface area contributed by atoms with Gasteiger partial charge in [-0.25, -0.2) is 0 Å². The van der Waals surface area contributed by atoms with E-state index in [0.717, 1.165) is 16.8 Å². The van der Waals surface area contributed by atoms with Crippen LogP contribution in [0.4, 0.5) is 0 Å². The van der Waals surface area contributed by atoms with Gasteiger partial charge in [-0.3, -0.25) is 9.78 Å². The number of carbonyl (C=O) groups is 1. The molecule has 0 fully saturated rings. The van der Waals surface area contributed by atoms with Crippen molar-refractivity contribution in [1.29, 1.82) is 0 Å². The molecule has 0 radical (unpaired) electrons. The Morgan fingerprint density at radius 2 is 1.70 bits per heavy atom. The van der Waals surface area contributed by atoms with Crippen molar-refractivity contribution in [3.63, 3.8) is 0 Å². The number of rotatable bonds is 8. The lowest BCUT2D eigenvalue weighted by Gasteiger charge is -2.23. The molecule has 0 atom stereocenters. The first kappa shape index (κ1) is 18.6. The van der Waals surface area contributed by atoms with E-state index in [1.54, 1.807) is 6.20 Å². The van der Waals surface area contributed by atoms with Gasteiger partial charge < -0.3 is 9.64 Å². The van der Waals surface area contributed by atoms with Crippen LogP contribution in [0, 0.1) is 6.92 Å². The predicted molar refractivity (Wildman–Crippen MR) is 106 cm³/mol. The maximum absolute atomic E-state index is 12.8. The van der Waals surface area contributed by atoms with E-state index in [1.165, 1.54) is 0 Å². The monoisotopic (exact) mass is 360 g/mol. The molecule has 138 valence electrons. The highest BCUT2D eigenvalue weighted by atomic mass is 16.5. The van der Waals surface area contributed by atoms with E-state index >= 15 is 0 Å². The molecule has 0 aliphatic rings. The predicted octanol–water partition coefficient (Wildman–Crippen LogP) is 4.04. The summed E-state index contributed by atoms with van der Waals surface area (Å²) in [5.41, 5.74) is 3.24. The van der Waals surface area contributed by atoms with Crippen molar-refractivity contribution >= 4 is 5.91 Å². The summed E-state index contributed by atoms with van der Waals surface area (Å²) in [5.74, 6) is 0.675. The second-order valence-corrected chi connectivity index (χ2v) is 6.47.